The van der Waals surface area contributed by atoms with Crippen molar-refractivity contribution < 1.29 is 0 Å². The van der Waals surface area contributed by atoms with Gasteiger partial charge in [-0.1, -0.05) is 150 Å². The summed E-state index contributed by atoms with van der Waals surface area (Å²) in [4.78, 5) is 5.20. The summed E-state index contributed by atoms with van der Waals surface area (Å²) >= 11 is 0. The van der Waals surface area contributed by atoms with Crippen LogP contribution in [-0.4, -0.2) is 17.0 Å². The van der Waals surface area contributed by atoms with Crippen molar-refractivity contribution in [2.24, 2.45) is 4.99 Å². The maximum atomic E-state index is 5.20. The van der Waals surface area contributed by atoms with Crippen molar-refractivity contribution in [2.45, 2.75) is 19.8 Å². The first-order valence-electron chi connectivity index (χ1n) is 16.1. The summed E-state index contributed by atoms with van der Waals surface area (Å²) in [5.41, 5.74) is 11.8. The van der Waals surface area contributed by atoms with Crippen LogP contribution in [0.5, 0.6) is 0 Å². The van der Waals surface area contributed by atoms with Crippen LogP contribution in [-0.2, 0) is 0 Å². The number of nitrogens with zero attached hydrogens (tertiary/aromatic N) is 2. The highest BCUT2D eigenvalue weighted by Crippen LogP contribution is 2.34. The lowest BCUT2D eigenvalue weighted by molar-refractivity contribution is 1.06. The van der Waals surface area contributed by atoms with Crippen molar-refractivity contribution in [3.8, 4) is 23.7 Å². The van der Waals surface area contributed by atoms with Gasteiger partial charge in [0.05, 0.1) is 17.1 Å². The van der Waals surface area contributed by atoms with Crippen LogP contribution in [0.15, 0.2) is 168 Å². The molecule has 0 unspecified atom stereocenters. The van der Waals surface area contributed by atoms with Gasteiger partial charge in [-0.3, -0.25) is 0 Å². The van der Waals surface area contributed by atoms with Gasteiger partial charge in [0.15, 0.2) is 0 Å². The summed E-state index contributed by atoms with van der Waals surface area (Å²) in [6.07, 6.45) is 1.63. The monoisotopic (exact) mass is 600 g/mol. The summed E-state index contributed by atoms with van der Waals surface area (Å²) in [5.74, 6) is 13.7. The Hall–Kier alpha value is -6.03. The highest BCUT2D eigenvalue weighted by molar-refractivity contribution is 6.84. The highest BCUT2D eigenvalue weighted by atomic mass is 14.9. The number of aliphatic imine (C=N–C) groups is 1. The summed E-state index contributed by atoms with van der Waals surface area (Å²) in [5, 5.41) is 0. The van der Waals surface area contributed by atoms with Gasteiger partial charge in [0.1, 0.15) is 0 Å². The van der Waals surface area contributed by atoms with Crippen molar-refractivity contribution in [1.29, 1.82) is 0 Å². The van der Waals surface area contributed by atoms with Gasteiger partial charge in [0, 0.05) is 28.8 Å². The van der Waals surface area contributed by atoms with E-state index in [0.29, 0.717) is 0 Å². The Morgan fingerprint density at radius 3 is 1.66 bits per heavy atom. The molecule has 1 aromatic heterocycles. The smallest absolute Gasteiger partial charge is 0.328 e. The lowest BCUT2D eigenvalue weighted by Gasteiger charge is -2.23. The zero-order valence-electron chi connectivity index (χ0n) is 26.4. The van der Waals surface area contributed by atoms with Gasteiger partial charge >= 0.3 is 6.85 Å². The van der Waals surface area contributed by atoms with Gasteiger partial charge < -0.3 is 4.48 Å². The van der Waals surface area contributed by atoms with E-state index in [-0.39, 0.29) is 6.85 Å². The first-order chi connectivity index (χ1) is 23.2. The SMILES string of the molecule is Cc1ccc(/C(=C2\CCC(C#Cc3ccccc3)=N2)c2ccc(C#Cc3ccccc3)n2B(c2ccccc2)c2ccccc2)cc1. The van der Waals surface area contributed by atoms with E-state index in [1.165, 1.54) is 16.5 Å². The van der Waals surface area contributed by atoms with Gasteiger partial charge in [-0.25, -0.2) is 4.99 Å². The molecule has 0 radical (unpaired) electrons. The lowest BCUT2D eigenvalue weighted by atomic mass is 9.50. The number of allylic oxidation sites excluding steroid dienone is 1. The molecule has 1 aliphatic heterocycles. The number of hydrogen-bond acceptors (Lipinski definition) is 1. The van der Waals surface area contributed by atoms with Crippen molar-refractivity contribution in [3.63, 3.8) is 0 Å². The second-order valence-corrected chi connectivity index (χ2v) is 11.7. The van der Waals surface area contributed by atoms with Gasteiger partial charge in [-0.05, 0) is 67.1 Å². The molecule has 0 fully saturated rings. The van der Waals surface area contributed by atoms with E-state index in [9.17, 15) is 0 Å². The minimum absolute atomic E-state index is 0.105. The minimum Gasteiger partial charge on any atom is -0.369 e. The molecule has 0 aliphatic carbocycles. The fourth-order valence-electron chi connectivity index (χ4n) is 6.08. The minimum atomic E-state index is -0.105. The van der Waals surface area contributed by atoms with E-state index in [4.69, 9.17) is 4.99 Å². The fourth-order valence-corrected chi connectivity index (χ4v) is 6.08. The number of rotatable bonds is 5. The van der Waals surface area contributed by atoms with E-state index < -0.39 is 0 Å². The van der Waals surface area contributed by atoms with E-state index >= 15 is 0 Å². The summed E-state index contributed by atoms with van der Waals surface area (Å²) in [6.45, 7) is 2.02. The highest BCUT2D eigenvalue weighted by Gasteiger charge is 2.29. The maximum Gasteiger partial charge on any atom is 0.328 e. The summed E-state index contributed by atoms with van der Waals surface area (Å²) in [7, 11) is 0. The standard InChI is InChI=1S/C44H33BN2/c1-34-22-26-37(27-23-34)44(42-32-29-40(46-42)28-24-35-14-6-2-7-15-35)43-33-31-41(30-25-36-16-8-3-9-17-36)47(43)45(38-18-10-4-11-19-38)39-20-12-5-13-21-39/h2-23,26-27,31,33H,29,32H2,1H3/b44-42-. The Labute approximate surface area is 278 Å². The zero-order chi connectivity index (χ0) is 31.8. The molecule has 2 nitrogen and oxygen atoms in total. The molecule has 1 aliphatic rings. The molecule has 3 heteroatoms. The average molecular weight is 601 g/mol. The molecule has 0 amide bonds. The Morgan fingerprint density at radius 1 is 0.553 bits per heavy atom. The lowest BCUT2D eigenvalue weighted by Crippen LogP contribution is -2.49. The number of hydrogen-bond donors (Lipinski definition) is 0. The van der Waals surface area contributed by atoms with Crippen molar-refractivity contribution in [1.82, 2.24) is 4.48 Å². The molecular formula is C44H33BN2. The molecule has 0 atom stereocenters. The quantitative estimate of drug-likeness (QED) is 0.142. The second kappa shape index (κ2) is 14.0. The molecule has 0 spiro atoms. The van der Waals surface area contributed by atoms with Crippen LogP contribution < -0.4 is 10.9 Å². The molecule has 0 bridgehead atoms. The van der Waals surface area contributed by atoms with Gasteiger partial charge in [-0.15, -0.1) is 0 Å². The molecule has 7 rings (SSSR count). The molecule has 222 valence electrons. The van der Waals surface area contributed by atoms with E-state index in [2.05, 4.69) is 144 Å². The largest absolute Gasteiger partial charge is 0.369 e. The third kappa shape index (κ3) is 6.81. The number of aryl methyl sites for hydroxylation is 1. The van der Waals surface area contributed by atoms with Crippen molar-refractivity contribution in [2.75, 3.05) is 0 Å². The number of benzene rings is 5. The molecule has 0 saturated carbocycles. The van der Waals surface area contributed by atoms with Crippen LogP contribution in [0.1, 0.15) is 46.5 Å². The van der Waals surface area contributed by atoms with Crippen LogP contribution >= 0.6 is 0 Å². The Kier molecular flexibility index (Phi) is 8.81. The summed E-state index contributed by atoms with van der Waals surface area (Å²) in [6, 6.07) is 54.9. The predicted molar refractivity (Wildman–Crippen MR) is 197 cm³/mol. The molecule has 0 N–H and O–H groups in total. The van der Waals surface area contributed by atoms with E-state index in [1.807, 2.05) is 48.5 Å². The molecule has 5 aromatic carbocycles. The van der Waals surface area contributed by atoms with Crippen LogP contribution in [0.2, 0.25) is 0 Å². The predicted octanol–water partition coefficient (Wildman–Crippen LogP) is 7.90. The topological polar surface area (TPSA) is 17.3 Å². The van der Waals surface area contributed by atoms with Crippen LogP contribution in [0, 0.1) is 30.6 Å². The molecular weight excluding hydrogens is 567 g/mol. The number of aromatic nitrogens is 1. The third-order valence-electron chi connectivity index (χ3n) is 8.39. The second-order valence-electron chi connectivity index (χ2n) is 11.7. The molecule has 6 aromatic rings. The fraction of sp³-hybridized carbons (Fsp3) is 0.0682. The van der Waals surface area contributed by atoms with Crippen LogP contribution in [0.3, 0.4) is 0 Å². The van der Waals surface area contributed by atoms with Gasteiger partial charge in [0.25, 0.3) is 0 Å². The third-order valence-corrected chi connectivity index (χ3v) is 8.39. The Morgan fingerprint density at radius 2 is 1.09 bits per heavy atom. The summed E-state index contributed by atoms with van der Waals surface area (Å²) < 4.78 is 2.41. The maximum absolute atomic E-state index is 5.20. The van der Waals surface area contributed by atoms with Crippen LogP contribution in [0.25, 0.3) is 5.57 Å². The van der Waals surface area contributed by atoms with Crippen molar-refractivity contribution in [3.05, 3.63) is 197 Å². The van der Waals surface area contributed by atoms with Crippen molar-refractivity contribution >= 4 is 29.1 Å². The first-order valence-corrected chi connectivity index (χ1v) is 16.1. The average Bonchev–Trinajstić information content (AvgIpc) is 3.77. The molecule has 47 heavy (non-hydrogen) atoms. The molecule has 0 saturated heterocycles. The van der Waals surface area contributed by atoms with Gasteiger partial charge in [-0.2, -0.15) is 0 Å². The van der Waals surface area contributed by atoms with E-state index in [1.54, 1.807) is 0 Å². The first kappa shape index (κ1) is 29.7. The molecule has 2 heterocycles. The zero-order valence-corrected chi connectivity index (χ0v) is 26.4. The Balaban J connectivity index is 1.47. The normalized spacial score (nSPS) is 13.1. The van der Waals surface area contributed by atoms with Crippen LogP contribution in [0.4, 0.5) is 0 Å². The van der Waals surface area contributed by atoms with E-state index in [0.717, 1.165) is 57.9 Å². The van der Waals surface area contributed by atoms with Gasteiger partial charge in [0.2, 0.25) is 0 Å². The Bertz CT molecular complexity index is 2130.